The summed E-state index contributed by atoms with van der Waals surface area (Å²) in [6, 6.07) is 3.84. The van der Waals surface area contributed by atoms with Crippen molar-refractivity contribution in [1.82, 2.24) is 15.5 Å². The first-order valence-electron chi connectivity index (χ1n) is 12.7. The number of rotatable bonds is 10. The molecule has 0 radical (unpaired) electrons. The quantitative estimate of drug-likeness (QED) is 0.471. The molecule has 3 amide bonds. The molecular weight excluding hydrogens is 462 g/mol. The molecule has 1 aliphatic rings. The van der Waals surface area contributed by atoms with E-state index in [2.05, 4.69) is 10.6 Å². The third-order valence-corrected chi connectivity index (χ3v) is 6.02. The molecule has 36 heavy (non-hydrogen) atoms. The molecule has 1 saturated carbocycles. The molecule has 2 rings (SSSR count). The fourth-order valence-electron chi connectivity index (χ4n) is 4.04. The molecule has 1 aromatic rings. The van der Waals surface area contributed by atoms with Crippen molar-refractivity contribution < 1.29 is 28.7 Å². The lowest BCUT2D eigenvalue weighted by Crippen LogP contribution is -2.57. The lowest BCUT2D eigenvalue weighted by molar-refractivity contribution is -0.147. The van der Waals surface area contributed by atoms with Gasteiger partial charge in [0.2, 0.25) is 11.8 Å². The third kappa shape index (κ3) is 8.24. The van der Waals surface area contributed by atoms with E-state index in [1.165, 1.54) is 0 Å². The van der Waals surface area contributed by atoms with Gasteiger partial charge < -0.3 is 25.0 Å². The first kappa shape index (κ1) is 29.1. The zero-order chi connectivity index (χ0) is 27.0. The van der Waals surface area contributed by atoms with Crippen LogP contribution in [-0.4, -0.2) is 59.6 Å². The maximum atomic E-state index is 13.8. The minimum atomic E-state index is -0.909. The smallest absolute Gasteiger partial charge is 0.408 e. The number of hydrogen-bond acceptors (Lipinski definition) is 6. The van der Waals surface area contributed by atoms with Crippen LogP contribution in [0.3, 0.4) is 0 Å². The van der Waals surface area contributed by atoms with E-state index < -0.39 is 29.7 Å². The van der Waals surface area contributed by atoms with Crippen LogP contribution < -0.4 is 10.6 Å². The van der Waals surface area contributed by atoms with Gasteiger partial charge in [-0.05, 0) is 78.9 Å². The first-order valence-corrected chi connectivity index (χ1v) is 12.7. The summed E-state index contributed by atoms with van der Waals surface area (Å²) in [4.78, 5) is 53.1. The molecule has 0 heterocycles. The highest BCUT2D eigenvalue weighted by Crippen LogP contribution is 2.35. The van der Waals surface area contributed by atoms with Crippen molar-refractivity contribution in [3.8, 4) is 0 Å². The zero-order valence-corrected chi connectivity index (χ0v) is 22.6. The lowest BCUT2D eigenvalue weighted by Gasteiger charge is -2.43. The number of nitrogens with zero attached hydrogens (tertiary/aromatic N) is 1. The fraction of sp³-hybridized carbons (Fsp3) is 0.630. The number of ether oxygens (including phenoxy) is 2. The third-order valence-electron chi connectivity index (χ3n) is 6.02. The molecule has 200 valence electrons. The summed E-state index contributed by atoms with van der Waals surface area (Å²) in [5.74, 6) is -1.14. The van der Waals surface area contributed by atoms with Crippen molar-refractivity contribution in [3.05, 3.63) is 34.9 Å². The first-order chi connectivity index (χ1) is 16.8. The van der Waals surface area contributed by atoms with E-state index in [4.69, 9.17) is 9.47 Å². The van der Waals surface area contributed by atoms with Gasteiger partial charge >= 0.3 is 12.1 Å². The predicted molar refractivity (Wildman–Crippen MR) is 136 cm³/mol. The van der Waals surface area contributed by atoms with Gasteiger partial charge in [0.15, 0.2) is 0 Å². The Balaban J connectivity index is 2.36. The van der Waals surface area contributed by atoms with Crippen molar-refractivity contribution in [1.29, 1.82) is 0 Å². The summed E-state index contributed by atoms with van der Waals surface area (Å²) in [7, 11) is 0. The number of benzene rings is 1. The van der Waals surface area contributed by atoms with Gasteiger partial charge in [0.1, 0.15) is 17.7 Å². The Bertz CT molecular complexity index is 951. The summed E-state index contributed by atoms with van der Waals surface area (Å²) in [5, 5.41) is 5.44. The average molecular weight is 504 g/mol. The Morgan fingerprint density at radius 2 is 1.81 bits per heavy atom. The predicted octanol–water partition coefficient (Wildman–Crippen LogP) is 3.71. The van der Waals surface area contributed by atoms with Crippen LogP contribution >= 0.6 is 0 Å². The van der Waals surface area contributed by atoms with Gasteiger partial charge in [-0.25, -0.2) is 4.79 Å². The van der Waals surface area contributed by atoms with Gasteiger partial charge in [0.05, 0.1) is 13.0 Å². The van der Waals surface area contributed by atoms with Gasteiger partial charge in [-0.3, -0.25) is 14.4 Å². The standard InChI is InChI=1S/C27H41N3O6/c1-8-35-22(31)14-15-28-24(32)23(21-16-17(2)12-13-18(21)3)30(20-10-9-11-20)25(33)19(4)29-26(34)36-27(5,6)7/h12-13,16,19-20,23H,8-11,14-15H2,1-7H3,(H,28,32)(H,29,34). The van der Waals surface area contributed by atoms with Gasteiger partial charge in [-0.1, -0.05) is 23.8 Å². The maximum Gasteiger partial charge on any atom is 0.408 e. The van der Waals surface area contributed by atoms with Crippen molar-refractivity contribution in [2.45, 2.75) is 97.9 Å². The molecule has 2 N–H and O–H groups in total. The molecular formula is C27H41N3O6. The van der Waals surface area contributed by atoms with E-state index in [-0.39, 0.29) is 37.4 Å². The number of hydrogen-bond donors (Lipinski definition) is 2. The summed E-state index contributed by atoms with van der Waals surface area (Å²) in [6.07, 6.45) is 1.82. The van der Waals surface area contributed by atoms with Crippen LogP contribution in [0, 0.1) is 13.8 Å². The SMILES string of the molecule is CCOC(=O)CCNC(=O)C(c1cc(C)ccc1C)N(C(=O)C(C)NC(=O)OC(C)(C)C)C1CCC1. The van der Waals surface area contributed by atoms with Crippen LogP contribution in [0.5, 0.6) is 0 Å². The van der Waals surface area contributed by atoms with Crippen LogP contribution in [0.2, 0.25) is 0 Å². The van der Waals surface area contributed by atoms with Crippen molar-refractivity contribution in [3.63, 3.8) is 0 Å². The molecule has 0 aliphatic heterocycles. The van der Waals surface area contributed by atoms with E-state index in [1.807, 2.05) is 32.0 Å². The number of carbonyl (C=O) groups excluding carboxylic acids is 4. The molecule has 0 aromatic heterocycles. The fourth-order valence-corrected chi connectivity index (χ4v) is 4.04. The molecule has 1 aromatic carbocycles. The van der Waals surface area contributed by atoms with Gasteiger partial charge in [-0.2, -0.15) is 0 Å². The molecule has 9 nitrogen and oxygen atoms in total. The van der Waals surface area contributed by atoms with E-state index in [0.29, 0.717) is 5.56 Å². The molecule has 0 bridgehead atoms. The molecule has 2 unspecified atom stereocenters. The van der Waals surface area contributed by atoms with Crippen molar-refractivity contribution >= 4 is 23.9 Å². The number of aryl methyl sites for hydroxylation is 2. The van der Waals surface area contributed by atoms with Crippen LogP contribution in [0.25, 0.3) is 0 Å². The van der Waals surface area contributed by atoms with E-state index in [1.54, 1.807) is 39.5 Å². The Labute approximate surface area is 214 Å². The van der Waals surface area contributed by atoms with Crippen molar-refractivity contribution in [2.24, 2.45) is 0 Å². The van der Waals surface area contributed by atoms with Crippen LogP contribution in [0.15, 0.2) is 18.2 Å². The lowest BCUT2D eigenvalue weighted by atomic mass is 9.87. The Morgan fingerprint density at radius 3 is 2.36 bits per heavy atom. The summed E-state index contributed by atoms with van der Waals surface area (Å²) in [5.41, 5.74) is 1.84. The normalized spacial score (nSPS) is 15.2. The summed E-state index contributed by atoms with van der Waals surface area (Å²) in [6.45, 7) is 12.8. The monoisotopic (exact) mass is 503 g/mol. The van der Waals surface area contributed by atoms with Gasteiger partial charge in [0, 0.05) is 12.6 Å². The van der Waals surface area contributed by atoms with Crippen molar-refractivity contribution in [2.75, 3.05) is 13.2 Å². The molecule has 1 fully saturated rings. The molecule has 0 spiro atoms. The minimum Gasteiger partial charge on any atom is -0.466 e. The Kier molecular flexibility index (Phi) is 10.3. The summed E-state index contributed by atoms with van der Waals surface area (Å²) >= 11 is 0. The highest BCUT2D eigenvalue weighted by molar-refractivity contribution is 5.92. The maximum absolute atomic E-state index is 13.8. The minimum absolute atomic E-state index is 0.0348. The van der Waals surface area contributed by atoms with E-state index in [0.717, 1.165) is 30.4 Å². The second-order valence-corrected chi connectivity index (χ2v) is 10.3. The Morgan fingerprint density at radius 1 is 1.14 bits per heavy atom. The van der Waals surface area contributed by atoms with Crippen LogP contribution in [0.4, 0.5) is 4.79 Å². The number of carbonyl (C=O) groups is 4. The second-order valence-electron chi connectivity index (χ2n) is 10.3. The van der Waals surface area contributed by atoms with Crippen LogP contribution in [0.1, 0.15) is 83.0 Å². The largest absolute Gasteiger partial charge is 0.466 e. The van der Waals surface area contributed by atoms with Gasteiger partial charge in [-0.15, -0.1) is 0 Å². The zero-order valence-electron chi connectivity index (χ0n) is 22.6. The number of amides is 3. The second kappa shape index (κ2) is 12.7. The number of alkyl carbamates (subject to hydrolysis) is 1. The van der Waals surface area contributed by atoms with E-state index >= 15 is 0 Å². The molecule has 0 saturated heterocycles. The number of nitrogens with one attached hydrogen (secondary N) is 2. The highest BCUT2D eigenvalue weighted by atomic mass is 16.6. The highest BCUT2D eigenvalue weighted by Gasteiger charge is 2.41. The molecule has 1 aliphatic carbocycles. The number of esters is 1. The average Bonchev–Trinajstić information content (AvgIpc) is 2.72. The topological polar surface area (TPSA) is 114 Å². The Hall–Kier alpha value is -3.10. The molecule has 2 atom stereocenters. The van der Waals surface area contributed by atoms with Crippen LogP contribution in [-0.2, 0) is 23.9 Å². The van der Waals surface area contributed by atoms with Gasteiger partial charge in [0.25, 0.3) is 0 Å². The summed E-state index contributed by atoms with van der Waals surface area (Å²) < 4.78 is 10.3. The molecule has 9 heteroatoms. The van der Waals surface area contributed by atoms with E-state index in [9.17, 15) is 19.2 Å².